The van der Waals surface area contributed by atoms with E-state index in [2.05, 4.69) is 18.0 Å². The van der Waals surface area contributed by atoms with Crippen LogP contribution in [0.4, 0.5) is 0 Å². The molecule has 0 spiro atoms. The fourth-order valence-corrected chi connectivity index (χ4v) is 3.00. The molecule has 18 heavy (non-hydrogen) atoms. The number of likely N-dealkylation sites (tertiary alicyclic amines) is 1. The first-order chi connectivity index (χ1) is 8.56. The first-order valence-corrected chi connectivity index (χ1v) is 6.69. The molecule has 4 heteroatoms. The van der Waals surface area contributed by atoms with Gasteiger partial charge in [-0.15, -0.1) is 0 Å². The lowest BCUT2D eigenvalue weighted by molar-refractivity contribution is 0.312. The number of methoxy groups -OCH3 is 1. The van der Waals surface area contributed by atoms with Gasteiger partial charge < -0.3 is 10.5 Å². The molecule has 1 heterocycles. The maximum Gasteiger partial charge on any atom is 0.119 e. The average molecular weight is 269 g/mol. The van der Waals surface area contributed by atoms with E-state index in [0.29, 0.717) is 12.0 Å². The number of hydrogen-bond acceptors (Lipinski definition) is 3. The van der Waals surface area contributed by atoms with Gasteiger partial charge in [0.15, 0.2) is 0 Å². The highest BCUT2D eigenvalue weighted by molar-refractivity contribution is 6.32. The van der Waals surface area contributed by atoms with Crippen LogP contribution in [0.2, 0.25) is 5.02 Å². The fraction of sp³-hybridized carbons (Fsp3) is 0.571. The summed E-state index contributed by atoms with van der Waals surface area (Å²) >= 11 is 6.44. The molecule has 0 bridgehead atoms. The Bertz CT molecular complexity index is 436. The van der Waals surface area contributed by atoms with Gasteiger partial charge in [-0.3, -0.25) is 4.90 Å². The van der Waals surface area contributed by atoms with Gasteiger partial charge in [-0.1, -0.05) is 11.6 Å². The van der Waals surface area contributed by atoms with Crippen molar-refractivity contribution < 1.29 is 4.74 Å². The molecule has 1 aliphatic rings. The van der Waals surface area contributed by atoms with E-state index in [1.54, 1.807) is 7.11 Å². The fourth-order valence-electron chi connectivity index (χ4n) is 2.76. The summed E-state index contributed by atoms with van der Waals surface area (Å²) in [5.41, 5.74) is 8.00. The molecular weight excluding hydrogens is 248 g/mol. The van der Waals surface area contributed by atoms with Crippen molar-refractivity contribution >= 4 is 11.6 Å². The van der Waals surface area contributed by atoms with Crippen LogP contribution in [0.5, 0.6) is 5.75 Å². The predicted octanol–water partition coefficient (Wildman–Crippen LogP) is 2.61. The minimum atomic E-state index is 0.347. The first kappa shape index (κ1) is 13.7. The second kappa shape index (κ2) is 5.47. The Morgan fingerprint density at radius 1 is 1.50 bits per heavy atom. The highest BCUT2D eigenvalue weighted by Gasteiger charge is 2.31. The minimum Gasteiger partial charge on any atom is -0.497 e. The Kier molecular flexibility index (Phi) is 4.15. The summed E-state index contributed by atoms with van der Waals surface area (Å²) in [7, 11) is 3.82. The van der Waals surface area contributed by atoms with Gasteiger partial charge in [0.05, 0.1) is 7.11 Å². The Morgan fingerprint density at radius 2 is 2.22 bits per heavy atom. The molecule has 0 saturated carbocycles. The summed E-state index contributed by atoms with van der Waals surface area (Å²) in [6.45, 7) is 3.79. The number of rotatable bonds is 3. The normalized spacial score (nSPS) is 24.5. The molecular formula is C14H21ClN2O. The molecule has 1 saturated heterocycles. The van der Waals surface area contributed by atoms with Crippen molar-refractivity contribution in [2.75, 3.05) is 27.2 Å². The Hall–Kier alpha value is -0.770. The topological polar surface area (TPSA) is 38.5 Å². The molecule has 100 valence electrons. The summed E-state index contributed by atoms with van der Waals surface area (Å²) in [6.07, 6.45) is 1.07. The number of benzene rings is 1. The molecule has 2 atom stereocenters. The zero-order valence-corrected chi connectivity index (χ0v) is 12.0. The van der Waals surface area contributed by atoms with Crippen molar-refractivity contribution in [1.29, 1.82) is 0 Å². The van der Waals surface area contributed by atoms with Gasteiger partial charge in [0.25, 0.3) is 0 Å². The van der Waals surface area contributed by atoms with E-state index in [-0.39, 0.29) is 0 Å². The van der Waals surface area contributed by atoms with E-state index in [9.17, 15) is 0 Å². The summed E-state index contributed by atoms with van der Waals surface area (Å²) in [6, 6.07) is 4.37. The molecule has 1 aliphatic heterocycles. The number of nitrogens with zero attached hydrogens (tertiary/aromatic N) is 1. The van der Waals surface area contributed by atoms with E-state index in [0.717, 1.165) is 41.4 Å². The molecule has 0 amide bonds. The van der Waals surface area contributed by atoms with Crippen molar-refractivity contribution in [1.82, 2.24) is 4.90 Å². The number of halogens is 1. The highest BCUT2D eigenvalue weighted by Crippen LogP contribution is 2.39. The van der Waals surface area contributed by atoms with Gasteiger partial charge in [0.2, 0.25) is 0 Å². The molecule has 2 unspecified atom stereocenters. The van der Waals surface area contributed by atoms with Crippen LogP contribution >= 0.6 is 11.6 Å². The van der Waals surface area contributed by atoms with Gasteiger partial charge in [0, 0.05) is 17.6 Å². The summed E-state index contributed by atoms with van der Waals surface area (Å²) < 4.78 is 5.34. The van der Waals surface area contributed by atoms with Crippen LogP contribution in [-0.2, 0) is 0 Å². The molecule has 2 rings (SSSR count). The lowest BCUT2D eigenvalue weighted by atomic mass is 9.98. The van der Waals surface area contributed by atoms with Crippen LogP contribution < -0.4 is 10.5 Å². The summed E-state index contributed by atoms with van der Waals surface area (Å²) in [5, 5.41) is 0.852. The average Bonchev–Trinajstić information content (AvgIpc) is 2.74. The highest BCUT2D eigenvalue weighted by atomic mass is 35.5. The van der Waals surface area contributed by atoms with Crippen LogP contribution in [0.25, 0.3) is 0 Å². The van der Waals surface area contributed by atoms with Crippen LogP contribution in [0, 0.1) is 12.8 Å². The van der Waals surface area contributed by atoms with E-state index in [1.807, 2.05) is 13.0 Å². The SMILES string of the molecule is COc1cc(C)c(Cl)c(C2CC(CN)CN2C)c1. The third-order valence-electron chi connectivity index (χ3n) is 3.82. The van der Waals surface area contributed by atoms with E-state index in [1.165, 1.54) is 0 Å². The smallest absolute Gasteiger partial charge is 0.119 e. The number of ether oxygens (including phenoxy) is 1. The van der Waals surface area contributed by atoms with E-state index < -0.39 is 0 Å². The van der Waals surface area contributed by atoms with Crippen molar-refractivity contribution in [3.8, 4) is 5.75 Å². The van der Waals surface area contributed by atoms with Gasteiger partial charge >= 0.3 is 0 Å². The van der Waals surface area contributed by atoms with Gasteiger partial charge in [-0.05, 0) is 56.1 Å². The predicted molar refractivity (Wildman–Crippen MR) is 75.3 cm³/mol. The third-order valence-corrected chi connectivity index (χ3v) is 4.34. The zero-order chi connectivity index (χ0) is 13.3. The van der Waals surface area contributed by atoms with Crippen molar-refractivity contribution in [3.05, 3.63) is 28.3 Å². The second-order valence-electron chi connectivity index (χ2n) is 5.14. The minimum absolute atomic E-state index is 0.347. The summed E-state index contributed by atoms with van der Waals surface area (Å²) in [4.78, 5) is 2.33. The van der Waals surface area contributed by atoms with Crippen molar-refractivity contribution in [3.63, 3.8) is 0 Å². The Morgan fingerprint density at radius 3 is 2.78 bits per heavy atom. The quantitative estimate of drug-likeness (QED) is 0.916. The van der Waals surface area contributed by atoms with E-state index >= 15 is 0 Å². The van der Waals surface area contributed by atoms with Crippen LogP contribution in [-0.4, -0.2) is 32.1 Å². The van der Waals surface area contributed by atoms with Gasteiger partial charge in [-0.2, -0.15) is 0 Å². The van der Waals surface area contributed by atoms with Crippen molar-refractivity contribution in [2.45, 2.75) is 19.4 Å². The molecule has 1 fully saturated rings. The number of nitrogens with two attached hydrogens (primary N) is 1. The van der Waals surface area contributed by atoms with Gasteiger partial charge in [-0.25, -0.2) is 0 Å². The van der Waals surface area contributed by atoms with Crippen LogP contribution in [0.3, 0.4) is 0 Å². The summed E-state index contributed by atoms with van der Waals surface area (Å²) in [5.74, 6) is 1.43. The molecule has 3 nitrogen and oxygen atoms in total. The maximum atomic E-state index is 6.44. The zero-order valence-electron chi connectivity index (χ0n) is 11.2. The second-order valence-corrected chi connectivity index (χ2v) is 5.52. The van der Waals surface area contributed by atoms with Crippen LogP contribution in [0.1, 0.15) is 23.6 Å². The number of hydrogen-bond donors (Lipinski definition) is 1. The molecule has 1 aromatic carbocycles. The Balaban J connectivity index is 2.35. The van der Waals surface area contributed by atoms with Gasteiger partial charge in [0.1, 0.15) is 5.75 Å². The monoisotopic (exact) mass is 268 g/mol. The molecule has 1 aromatic rings. The van der Waals surface area contributed by atoms with E-state index in [4.69, 9.17) is 22.1 Å². The largest absolute Gasteiger partial charge is 0.497 e. The molecule has 2 N–H and O–H groups in total. The molecule has 0 radical (unpaired) electrons. The molecule has 0 aromatic heterocycles. The maximum absolute atomic E-state index is 6.44. The Labute approximate surface area is 114 Å². The third kappa shape index (κ3) is 2.48. The lowest BCUT2D eigenvalue weighted by Crippen LogP contribution is -2.20. The van der Waals surface area contributed by atoms with Crippen LogP contribution in [0.15, 0.2) is 12.1 Å². The first-order valence-electron chi connectivity index (χ1n) is 6.31. The standard InChI is InChI=1S/C14H21ClN2O/c1-9-4-11(18-3)6-12(14(9)15)13-5-10(7-16)8-17(13)2/h4,6,10,13H,5,7-8,16H2,1-3H3. The lowest BCUT2D eigenvalue weighted by Gasteiger charge is -2.22. The molecule has 0 aliphatic carbocycles. The van der Waals surface area contributed by atoms with Crippen molar-refractivity contribution in [2.24, 2.45) is 11.7 Å². The number of aryl methyl sites for hydroxylation is 1.